The molecular formula is C20H24FN3O3. The standard InChI is InChI=1S/C20H24FN3O3/c1-23-13-22-19-17(23)5-8-24(20(19)6-9-27-10-7-20)18(25)11-14-3-4-15(26-2)12-16(14)21/h3-4,12-13H,5-11H2,1-2H3. The zero-order valence-electron chi connectivity index (χ0n) is 15.7. The fourth-order valence-electron chi connectivity index (χ4n) is 4.33. The van der Waals surface area contributed by atoms with E-state index in [2.05, 4.69) is 4.98 Å². The van der Waals surface area contributed by atoms with Crippen LogP contribution in [0.5, 0.6) is 5.75 Å². The third-order valence-corrected chi connectivity index (χ3v) is 5.81. The lowest BCUT2D eigenvalue weighted by molar-refractivity contribution is -0.143. The molecule has 27 heavy (non-hydrogen) atoms. The molecule has 7 heteroatoms. The van der Waals surface area contributed by atoms with Crippen LogP contribution >= 0.6 is 0 Å². The van der Waals surface area contributed by atoms with Crippen LogP contribution in [0.3, 0.4) is 0 Å². The summed E-state index contributed by atoms with van der Waals surface area (Å²) < 4.78 is 27.0. The highest BCUT2D eigenvalue weighted by molar-refractivity contribution is 5.80. The van der Waals surface area contributed by atoms with Gasteiger partial charge in [-0.15, -0.1) is 0 Å². The van der Waals surface area contributed by atoms with Crippen molar-refractivity contribution in [3.63, 3.8) is 0 Å². The smallest absolute Gasteiger partial charge is 0.227 e. The number of methoxy groups -OCH3 is 1. The first-order chi connectivity index (χ1) is 13.0. The third-order valence-electron chi connectivity index (χ3n) is 5.81. The van der Waals surface area contributed by atoms with Crippen LogP contribution in [0.2, 0.25) is 0 Å². The molecule has 1 saturated heterocycles. The Bertz CT molecular complexity index is 858. The number of carbonyl (C=O) groups excluding carboxylic acids is 1. The van der Waals surface area contributed by atoms with Crippen LogP contribution < -0.4 is 4.74 Å². The fraction of sp³-hybridized carbons (Fsp3) is 0.500. The number of amides is 1. The number of rotatable bonds is 3. The van der Waals surface area contributed by atoms with Crippen molar-refractivity contribution < 1.29 is 18.7 Å². The van der Waals surface area contributed by atoms with Gasteiger partial charge in [-0.25, -0.2) is 9.37 Å². The predicted molar refractivity (Wildman–Crippen MR) is 97.0 cm³/mol. The molecule has 144 valence electrons. The summed E-state index contributed by atoms with van der Waals surface area (Å²) in [5, 5.41) is 0. The van der Waals surface area contributed by atoms with Gasteiger partial charge in [0.2, 0.25) is 5.91 Å². The van der Waals surface area contributed by atoms with Gasteiger partial charge in [-0.1, -0.05) is 6.07 Å². The van der Waals surface area contributed by atoms with E-state index in [0.717, 1.165) is 12.1 Å². The SMILES string of the molecule is COc1ccc(CC(=O)N2CCc3c(ncn3C)C23CCOCC3)c(F)c1. The summed E-state index contributed by atoms with van der Waals surface area (Å²) in [6.07, 6.45) is 4.03. The first-order valence-electron chi connectivity index (χ1n) is 9.26. The van der Waals surface area contributed by atoms with Crippen LogP contribution in [-0.4, -0.2) is 47.2 Å². The van der Waals surface area contributed by atoms with Crippen LogP contribution in [0.15, 0.2) is 24.5 Å². The Balaban J connectivity index is 1.65. The molecule has 2 aromatic rings. The van der Waals surface area contributed by atoms with Crippen molar-refractivity contribution in [3.8, 4) is 5.75 Å². The van der Waals surface area contributed by atoms with Gasteiger partial charge < -0.3 is 18.9 Å². The molecule has 0 radical (unpaired) electrons. The number of benzene rings is 1. The quantitative estimate of drug-likeness (QED) is 0.828. The minimum Gasteiger partial charge on any atom is -0.497 e. The van der Waals surface area contributed by atoms with Crippen molar-refractivity contribution in [2.75, 3.05) is 26.9 Å². The summed E-state index contributed by atoms with van der Waals surface area (Å²) in [5.41, 5.74) is 2.09. The van der Waals surface area contributed by atoms with Gasteiger partial charge in [0.05, 0.1) is 31.1 Å². The lowest BCUT2D eigenvalue weighted by Crippen LogP contribution is -2.56. The van der Waals surface area contributed by atoms with Crippen molar-refractivity contribution in [1.29, 1.82) is 0 Å². The topological polar surface area (TPSA) is 56.6 Å². The number of aromatic nitrogens is 2. The lowest BCUT2D eigenvalue weighted by Gasteiger charge is -2.48. The van der Waals surface area contributed by atoms with E-state index in [1.807, 2.05) is 22.8 Å². The molecule has 1 spiro atoms. The van der Waals surface area contributed by atoms with Gasteiger partial charge in [0.1, 0.15) is 11.6 Å². The second-order valence-corrected chi connectivity index (χ2v) is 7.22. The molecule has 6 nitrogen and oxygen atoms in total. The number of imidazole rings is 1. The Morgan fingerprint density at radius 1 is 1.37 bits per heavy atom. The molecule has 2 aliphatic rings. The largest absolute Gasteiger partial charge is 0.497 e. The van der Waals surface area contributed by atoms with Crippen molar-refractivity contribution in [2.45, 2.75) is 31.2 Å². The summed E-state index contributed by atoms with van der Waals surface area (Å²) in [6.45, 7) is 1.80. The molecule has 0 unspecified atom stereocenters. The molecule has 3 heterocycles. The minimum absolute atomic E-state index is 0.0284. The summed E-state index contributed by atoms with van der Waals surface area (Å²) in [4.78, 5) is 19.8. The number of carbonyl (C=O) groups is 1. The van der Waals surface area contributed by atoms with Gasteiger partial charge in [0, 0.05) is 45.0 Å². The first kappa shape index (κ1) is 18.0. The highest BCUT2D eigenvalue weighted by Crippen LogP contribution is 2.42. The number of hydrogen-bond donors (Lipinski definition) is 0. The maximum Gasteiger partial charge on any atom is 0.227 e. The summed E-state index contributed by atoms with van der Waals surface area (Å²) in [7, 11) is 3.48. The van der Waals surface area contributed by atoms with Gasteiger partial charge in [-0.2, -0.15) is 0 Å². The monoisotopic (exact) mass is 373 g/mol. The average Bonchev–Trinajstić information content (AvgIpc) is 3.06. The first-order valence-corrected chi connectivity index (χ1v) is 9.26. The van der Waals surface area contributed by atoms with Crippen molar-refractivity contribution in [3.05, 3.63) is 47.3 Å². The number of hydrogen-bond acceptors (Lipinski definition) is 4. The minimum atomic E-state index is -0.451. The van der Waals surface area contributed by atoms with Gasteiger partial charge in [-0.3, -0.25) is 4.79 Å². The number of nitrogens with zero attached hydrogens (tertiary/aromatic N) is 3. The maximum absolute atomic E-state index is 14.4. The van der Waals surface area contributed by atoms with Gasteiger partial charge in [0.15, 0.2) is 0 Å². The molecule has 4 rings (SSSR count). The molecule has 2 aliphatic heterocycles. The van der Waals surface area contributed by atoms with E-state index in [9.17, 15) is 9.18 Å². The molecule has 1 aromatic heterocycles. The van der Waals surface area contributed by atoms with E-state index in [0.29, 0.717) is 43.9 Å². The second-order valence-electron chi connectivity index (χ2n) is 7.22. The highest BCUT2D eigenvalue weighted by Gasteiger charge is 2.48. The highest BCUT2D eigenvalue weighted by atomic mass is 19.1. The summed E-state index contributed by atoms with van der Waals surface area (Å²) in [5.74, 6) is -0.0442. The Morgan fingerprint density at radius 3 is 2.85 bits per heavy atom. The summed E-state index contributed by atoms with van der Waals surface area (Å²) >= 11 is 0. The fourth-order valence-corrected chi connectivity index (χ4v) is 4.33. The number of aryl methyl sites for hydroxylation is 1. The molecule has 1 amide bonds. The number of fused-ring (bicyclic) bond motifs is 2. The van der Waals surface area contributed by atoms with E-state index in [4.69, 9.17) is 9.47 Å². The molecule has 0 bridgehead atoms. The average molecular weight is 373 g/mol. The van der Waals surface area contributed by atoms with Gasteiger partial charge >= 0.3 is 0 Å². The molecule has 0 N–H and O–H groups in total. The van der Waals surface area contributed by atoms with E-state index >= 15 is 0 Å². The van der Waals surface area contributed by atoms with E-state index in [-0.39, 0.29) is 12.3 Å². The Kier molecular flexibility index (Phi) is 4.63. The zero-order valence-corrected chi connectivity index (χ0v) is 15.7. The van der Waals surface area contributed by atoms with Crippen LogP contribution in [0.25, 0.3) is 0 Å². The normalized spacial score (nSPS) is 18.4. The van der Waals surface area contributed by atoms with E-state index < -0.39 is 11.4 Å². The van der Waals surface area contributed by atoms with Crippen molar-refractivity contribution >= 4 is 5.91 Å². The van der Waals surface area contributed by atoms with Crippen LogP contribution in [0, 0.1) is 5.82 Å². The second kappa shape index (κ2) is 6.96. The van der Waals surface area contributed by atoms with Crippen LogP contribution in [-0.2, 0) is 35.0 Å². The molecule has 0 saturated carbocycles. The molecular weight excluding hydrogens is 349 g/mol. The summed E-state index contributed by atoms with van der Waals surface area (Å²) in [6, 6.07) is 4.63. The number of halogens is 1. The van der Waals surface area contributed by atoms with Crippen LogP contribution in [0.4, 0.5) is 4.39 Å². The predicted octanol–water partition coefficient (Wildman–Crippen LogP) is 2.20. The Labute approximate surface area is 157 Å². The van der Waals surface area contributed by atoms with Gasteiger partial charge in [0.25, 0.3) is 0 Å². The molecule has 1 fully saturated rings. The van der Waals surface area contributed by atoms with E-state index in [1.54, 1.807) is 12.1 Å². The molecule has 0 atom stereocenters. The van der Waals surface area contributed by atoms with E-state index in [1.165, 1.54) is 18.9 Å². The lowest BCUT2D eigenvalue weighted by atomic mass is 9.80. The van der Waals surface area contributed by atoms with Crippen molar-refractivity contribution in [1.82, 2.24) is 14.5 Å². The van der Waals surface area contributed by atoms with Crippen LogP contribution in [0.1, 0.15) is 29.8 Å². The maximum atomic E-state index is 14.4. The Morgan fingerprint density at radius 2 is 2.15 bits per heavy atom. The van der Waals surface area contributed by atoms with Crippen molar-refractivity contribution in [2.24, 2.45) is 7.05 Å². The molecule has 1 aromatic carbocycles. The molecule has 0 aliphatic carbocycles. The van der Waals surface area contributed by atoms with Gasteiger partial charge in [-0.05, 0) is 24.5 Å². The number of ether oxygens (including phenoxy) is 2. The zero-order chi connectivity index (χ0) is 19.0. The Hall–Kier alpha value is -2.41. The third kappa shape index (κ3) is 3.00.